The first-order valence-electron chi connectivity index (χ1n) is 6.05. The fourth-order valence-corrected chi connectivity index (χ4v) is 3.98. The quantitative estimate of drug-likeness (QED) is 0.682. The molecule has 2 atom stereocenters. The van der Waals surface area contributed by atoms with Gasteiger partial charge in [0.2, 0.25) is 10.0 Å². The van der Waals surface area contributed by atoms with Crippen LogP contribution in [0.25, 0.3) is 0 Å². The number of ether oxygens (including phenoxy) is 2. The average molecular weight is 293 g/mol. The molecule has 1 aliphatic carbocycles. The third-order valence-electron chi connectivity index (χ3n) is 3.22. The van der Waals surface area contributed by atoms with Gasteiger partial charge in [0.25, 0.3) is 0 Å². The molecule has 8 heteroatoms. The molecule has 0 aromatic heterocycles. The van der Waals surface area contributed by atoms with Gasteiger partial charge in [-0.2, -0.15) is 0 Å². The highest BCUT2D eigenvalue weighted by molar-refractivity contribution is 7.90. The zero-order valence-electron chi connectivity index (χ0n) is 11.0. The lowest BCUT2D eigenvalue weighted by Crippen LogP contribution is -2.40. The maximum Gasteiger partial charge on any atom is 0.310 e. The van der Waals surface area contributed by atoms with Gasteiger partial charge in [-0.05, 0) is 12.8 Å². The molecule has 7 nitrogen and oxygen atoms in total. The van der Waals surface area contributed by atoms with Crippen LogP contribution in [0.5, 0.6) is 0 Å². The van der Waals surface area contributed by atoms with Gasteiger partial charge in [0.1, 0.15) is 0 Å². The van der Waals surface area contributed by atoms with Crippen LogP contribution in [0.15, 0.2) is 0 Å². The molecule has 0 heterocycles. The molecule has 19 heavy (non-hydrogen) atoms. The Morgan fingerprint density at radius 3 is 2.47 bits per heavy atom. The summed E-state index contributed by atoms with van der Waals surface area (Å²) in [7, 11) is -1.14. The van der Waals surface area contributed by atoms with E-state index in [9.17, 15) is 18.0 Å². The molecule has 0 bridgehead atoms. The summed E-state index contributed by atoms with van der Waals surface area (Å²) >= 11 is 0. The molecule has 0 amide bonds. The maximum absolute atomic E-state index is 12.1. The number of carbonyl (C=O) groups excluding carboxylic acids is 2. The van der Waals surface area contributed by atoms with Crippen molar-refractivity contribution in [1.29, 1.82) is 0 Å². The van der Waals surface area contributed by atoms with Gasteiger partial charge in [0, 0.05) is 6.54 Å². The Balaban J connectivity index is 2.61. The van der Waals surface area contributed by atoms with Gasteiger partial charge in [-0.15, -0.1) is 0 Å². The van der Waals surface area contributed by atoms with Gasteiger partial charge in [-0.1, -0.05) is 6.42 Å². The largest absolute Gasteiger partial charge is 0.469 e. The maximum atomic E-state index is 12.1. The number of esters is 2. The first-order valence-corrected chi connectivity index (χ1v) is 7.60. The molecule has 0 radical (unpaired) electrons. The molecule has 1 fully saturated rings. The third-order valence-corrected chi connectivity index (χ3v) is 5.18. The topological polar surface area (TPSA) is 98.8 Å². The number of carbonyl (C=O) groups is 2. The minimum atomic E-state index is -3.63. The van der Waals surface area contributed by atoms with Crippen molar-refractivity contribution in [3.05, 3.63) is 0 Å². The molecule has 0 aliphatic heterocycles. The monoisotopic (exact) mass is 293 g/mol. The highest BCUT2D eigenvalue weighted by Crippen LogP contribution is 2.31. The predicted molar refractivity (Wildman–Crippen MR) is 66.7 cm³/mol. The Bertz CT molecular complexity index is 432. The van der Waals surface area contributed by atoms with E-state index < -0.39 is 33.1 Å². The van der Waals surface area contributed by atoms with Crippen LogP contribution in [0.1, 0.15) is 25.7 Å². The second-order valence-corrected chi connectivity index (χ2v) is 6.35. The zero-order valence-corrected chi connectivity index (χ0v) is 11.9. The van der Waals surface area contributed by atoms with Crippen LogP contribution in [0, 0.1) is 5.92 Å². The summed E-state index contributed by atoms with van der Waals surface area (Å²) < 4.78 is 35.5. The first-order chi connectivity index (χ1) is 8.92. The molecule has 0 aromatic carbocycles. The van der Waals surface area contributed by atoms with E-state index in [1.165, 1.54) is 14.2 Å². The van der Waals surface area contributed by atoms with Gasteiger partial charge >= 0.3 is 11.9 Å². The lowest BCUT2D eigenvalue weighted by atomic mass is 10.1. The molecule has 2 unspecified atom stereocenters. The van der Waals surface area contributed by atoms with Crippen LogP contribution in [0.2, 0.25) is 0 Å². The molecule has 1 aliphatic rings. The summed E-state index contributed by atoms with van der Waals surface area (Å²) in [6.07, 6.45) is 1.57. The number of rotatable bonds is 6. The summed E-state index contributed by atoms with van der Waals surface area (Å²) in [5.74, 6) is -1.61. The second kappa shape index (κ2) is 6.85. The Labute approximate surface area is 112 Å². The fraction of sp³-hybridized carbons (Fsp3) is 0.818. The molecule has 0 aromatic rings. The van der Waals surface area contributed by atoms with Crippen molar-refractivity contribution in [2.45, 2.75) is 30.9 Å². The average Bonchev–Trinajstić information content (AvgIpc) is 2.87. The molecule has 0 saturated heterocycles. The van der Waals surface area contributed by atoms with Crippen molar-refractivity contribution in [3.8, 4) is 0 Å². The minimum absolute atomic E-state index is 0.0284. The second-order valence-electron chi connectivity index (χ2n) is 4.36. The number of hydrogen-bond donors (Lipinski definition) is 1. The van der Waals surface area contributed by atoms with Crippen LogP contribution < -0.4 is 4.72 Å². The van der Waals surface area contributed by atoms with E-state index in [-0.39, 0.29) is 13.0 Å². The molecule has 1 rings (SSSR count). The summed E-state index contributed by atoms with van der Waals surface area (Å²) in [4.78, 5) is 22.4. The van der Waals surface area contributed by atoms with Crippen LogP contribution in [0.4, 0.5) is 0 Å². The van der Waals surface area contributed by atoms with Crippen molar-refractivity contribution in [3.63, 3.8) is 0 Å². The number of methoxy groups -OCH3 is 2. The molecular formula is C11H19NO6S. The SMILES string of the molecule is COC(=O)CCNS(=O)(=O)C1CCCC1C(=O)OC. The van der Waals surface area contributed by atoms with E-state index in [4.69, 9.17) is 0 Å². The van der Waals surface area contributed by atoms with Gasteiger partial charge in [0.05, 0.1) is 31.8 Å². The summed E-state index contributed by atoms with van der Waals surface area (Å²) in [5.41, 5.74) is 0. The van der Waals surface area contributed by atoms with Crippen LogP contribution >= 0.6 is 0 Å². The normalized spacial score (nSPS) is 23.1. The van der Waals surface area contributed by atoms with Crippen LogP contribution in [0.3, 0.4) is 0 Å². The minimum Gasteiger partial charge on any atom is -0.469 e. The molecule has 110 valence electrons. The van der Waals surface area contributed by atoms with Gasteiger partial charge < -0.3 is 9.47 Å². The van der Waals surface area contributed by atoms with E-state index >= 15 is 0 Å². The van der Waals surface area contributed by atoms with Crippen molar-refractivity contribution >= 4 is 22.0 Å². The molecule has 1 N–H and O–H groups in total. The first kappa shape index (κ1) is 15.9. The Kier molecular flexibility index (Phi) is 5.74. The summed E-state index contributed by atoms with van der Waals surface area (Å²) in [6, 6.07) is 0. The Hall–Kier alpha value is -1.15. The highest BCUT2D eigenvalue weighted by Gasteiger charge is 2.41. The third kappa shape index (κ3) is 4.17. The van der Waals surface area contributed by atoms with Crippen molar-refractivity contribution < 1.29 is 27.5 Å². The van der Waals surface area contributed by atoms with Crippen molar-refractivity contribution in [2.24, 2.45) is 5.92 Å². The molecule has 1 saturated carbocycles. The van der Waals surface area contributed by atoms with Gasteiger partial charge in [-0.25, -0.2) is 13.1 Å². The van der Waals surface area contributed by atoms with Crippen LogP contribution in [-0.2, 0) is 29.1 Å². The number of nitrogens with one attached hydrogen (secondary N) is 1. The Morgan fingerprint density at radius 1 is 1.21 bits per heavy atom. The van der Waals surface area contributed by atoms with E-state index in [1.54, 1.807) is 0 Å². The lowest BCUT2D eigenvalue weighted by Gasteiger charge is -2.18. The molecular weight excluding hydrogens is 274 g/mol. The summed E-state index contributed by atoms with van der Waals surface area (Å²) in [5, 5.41) is -0.780. The van der Waals surface area contributed by atoms with E-state index in [0.29, 0.717) is 19.3 Å². The standard InChI is InChI=1S/C11H19NO6S/c1-17-10(13)6-7-12-19(15,16)9-5-3-4-8(9)11(14)18-2/h8-9,12H,3-7H2,1-2H3. The molecule has 0 spiro atoms. The van der Waals surface area contributed by atoms with Gasteiger partial charge in [0.15, 0.2) is 0 Å². The van der Waals surface area contributed by atoms with Crippen LogP contribution in [-0.4, -0.2) is 46.4 Å². The number of sulfonamides is 1. The Morgan fingerprint density at radius 2 is 1.89 bits per heavy atom. The van der Waals surface area contributed by atoms with Crippen molar-refractivity contribution in [2.75, 3.05) is 20.8 Å². The fourth-order valence-electron chi connectivity index (χ4n) is 2.22. The van der Waals surface area contributed by atoms with Crippen molar-refractivity contribution in [1.82, 2.24) is 4.72 Å². The highest BCUT2D eigenvalue weighted by atomic mass is 32.2. The summed E-state index contributed by atoms with van der Waals surface area (Å²) in [6.45, 7) is -0.0284. The predicted octanol–water partition coefficient (Wildman–Crippen LogP) is -0.189. The van der Waals surface area contributed by atoms with E-state index in [0.717, 1.165) is 0 Å². The lowest BCUT2D eigenvalue weighted by molar-refractivity contribution is -0.145. The smallest absolute Gasteiger partial charge is 0.310 e. The van der Waals surface area contributed by atoms with E-state index in [2.05, 4.69) is 14.2 Å². The number of hydrogen-bond acceptors (Lipinski definition) is 6. The zero-order chi connectivity index (χ0) is 14.5. The van der Waals surface area contributed by atoms with Gasteiger partial charge in [-0.3, -0.25) is 9.59 Å². The van der Waals surface area contributed by atoms with E-state index in [1.807, 2.05) is 0 Å².